The van der Waals surface area contributed by atoms with Crippen LogP contribution in [-0.2, 0) is 9.59 Å². The van der Waals surface area contributed by atoms with Gasteiger partial charge in [0.05, 0.1) is 6.42 Å². The molecule has 0 aliphatic carbocycles. The Hall–Kier alpha value is -1.06. The minimum absolute atomic E-state index is 0.0378. The van der Waals surface area contributed by atoms with E-state index in [1.54, 1.807) is 4.90 Å². The maximum Gasteiger partial charge on any atom is 0.303 e. The standard InChI is InChI=1S/C11H19NO3/c1-7(2)8(3)11(15)12-5-9(6-12)4-10(13)14/h7-9H,4-6H2,1-3H3,(H,13,14). The molecule has 1 rings (SSSR count). The van der Waals surface area contributed by atoms with Gasteiger partial charge in [0.25, 0.3) is 0 Å². The fourth-order valence-corrected chi connectivity index (χ4v) is 1.70. The Morgan fingerprint density at radius 1 is 1.33 bits per heavy atom. The monoisotopic (exact) mass is 213 g/mol. The number of hydrogen-bond donors (Lipinski definition) is 1. The Bertz CT molecular complexity index is 257. The van der Waals surface area contributed by atoms with E-state index in [0.717, 1.165) is 0 Å². The van der Waals surface area contributed by atoms with E-state index in [2.05, 4.69) is 0 Å². The van der Waals surface area contributed by atoms with Crippen LogP contribution in [0.25, 0.3) is 0 Å². The van der Waals surface area contributed by atoms with Crippen molar-refractivity contribution in [3.8, 4) is 0 Å². The summed E-state index contributed by atoms with van der Waals surface area (Å²) in [6.45, 7) is 7.20. The van der Waals surface area contributed by atoms with Gasteiger partial charge in [-0.3, -0.25) is 9.59 Å². The van der Waals surface area contributed by atoms with Crippen molar-refractivity contribution in [2.75, 3.05) is 13.1 Å². The Kier molecular flexibility index (Phi) is 3.72. The van der Waals surface area contributed by atoms with E-state index in [-0.39, 0.29) is 24.2 Å². The van der Waals surface area contributed by atoms with Gasteiger partial charge in [0, 0.05) is 24.9 Å². The van der Waals surface area contributed by atoms with Gasteiger partial charge in [-0.05, 0) is 5.92 Å². The highest BCUT2D eigenvalue weighted by Gasteiger charge is 2.34. The molecular formula is C11H19NO3. The number of amides is 1. The average Bonchev–Trinajstić information content (AvgIpc) is 2.07. The van der Waals surface area contributed by atoms with Gasteiger partial charge in [0.15, 0.2) is 0 Å². The zero-order valence-corrected chi connectivity index (χ0v) is 9.56. The lowest BCUT2D eigenvalue weighted by atomic mass is 9.91. The summed E-state index contributed by atoms with van der Waals surface area (Å²) in [7, 11) is 0. The number of carboxylic acids is 1. The molecule has 0 aromatic heterocycles. The molecule has 1 heterocycles. The summed E-state index contributed by atoms with van der Waals surface area (Å²) in [6, 6.07) is 0. The molecule has 0 aromatic rings. The molecule has 1 N–H and O–H groups in total. The normalized spacial score (nSPS) is 18.8. The molecule has 15 heavy (non-hydrogen) atoms. The summed E-state index contributed by atoms with van der Waals surface area (Å²) in [5.74, 6) is -0.0757. The van der Waals surface area contributed by atoms with E-state index >= 15 is 0 Å². The predicted molar refractivity (Wildman–Crippen MR) is 56.3 cm³/mol. The van der Waals surface area contributed by atoms with Gasteiger partial charge in [-0.15, -0.1) is 0 Å². The Labute approximate surface area is 90.3 Å². The van der Waals surface area contributed by atoms with Gasteiger partial charge >= 0.3 is 5.97 Å². The van der Waals surface area contributed by atoms with Crippen LogP contribution in [0.5, 0.6) is 0 Å². The van der Waals surface area contributed by atoms with Crippen LogP contribution in [-0.4, -0.2) is 35.0 Å². The highest BCUT2D eigenvalue weighted by atomic mass is 16.4. The Balaban J connectivity index is 2.32. The Morgan fingerprint density at radius 3 is 2.27 bits per heavy atom. The number of aliphatic carboxylic acids is 1. The molecule has 1 amide bonds. The number of likely N-dealkylation sites (tertiary alicyclic amines) is 1. The summed E-state index contributed by atoms with van der Waals surface area (Å²) in [6.07, 6.45) is 0.180. The van der Waals surface area contributed by atoms with Crippen LogP contribution in [0.2, 0.25) is 0 Å². The summed E-state index contributed by atoms with van der Waals surface area (Å²) in [5, 5.41) is 8.57. The van der Waals surface area contributed by atoms with Gasteiger partial charge in [0.2, 0.25) is 5.91 Å². The minimum atomic E-state index is -0.774. The van der Waals surface area contributed by atoms with Crippen molar-refractivity contribution in [2.45, 2.75) is 27.2 Å². The fraction of sp³-hybridized carbons (Fsp3) is 0.818. The first-order chi connectivity index (χ1) is 6.91. The van der Waals surface area contributed by atoms with E-state index in [0.29, 0.717) is 19.0 Å². The molecule has 0 spiro atoms. The molecule has 1 fully saturated rings. The maximum atomic E-state index is 11.8. The summed E-state index contributed by atoms with van der Waals surface area (Å²) < 4.78 is 0. The molecule has 4 nitrogen and oxygen atoms in total. The fourth-order valence-electron chi connectivity index (χ4n) is 1.70. The minimum Gasteiger partial charge on any atom is -0.481 e. The van der Waals surface area contributed by atoms with Gasteiger partial charge in [-0.2, -0.15) is 0 Å². The lowest BCUT2D eigenvalue weighted by Crippen LogP contribution is -2.52. The molecule has 0 aromatic carbocycles. The van der Waals surface area contributed by atoms with Gasteiger partial charge in [-0.25, -0.2) is 0 Å². The second kappa shape index (κ2) is 4.64. The van der Waals surface area contributed by atoms with Crippen molar-refractivity contribution in [1.82, 2.24) is 4.90 Å². The zero-order valence-electron chi connectivity index (χ0n) is 9.56. The van der Waals surface area contributed by atoms with Crippen LogP contribution in [0.15, 0.2) is 0 Å². The molecule has 0 bridgehead atoms. The van der Waals surface area contributed by atoms with E-state index in [1.807, 2.05) is 20.8 Å². The van der Waals surface area contributed by atoms with Crippen LogP contribution in [0.1, 0.15) is 27.2 Å². The van der Waals surface area contributed by atoms with Crippen molar-refractivity contribution in [1.29, 1.82) is 0 Å². The molecular weight excluding hydrogens is 194 g/mol. The molecule has 86 valence electrons. The molecule has 0 saturated carbocycles. The Morgan fingerprint density at radius 2 is 1.87 bits per heavy atom. The third-order valence-corrected chi connectivity index (χ3v) is 3.12. The molecule has 4 heteroatoms. The van der Waals surface area contributed by atoms with E-state index < -0.39 is 5.97 Å². The lowest BCUT2D eigenvalue weighted by Gasteiger charge is -2.40. The molecule has 0 radical (unpaired) electrons. The third kappa shape index (κ3) is 2.94. The first kappa shape index (κ1) is 12.0. The molecule has 1 unspecified atom stereocenters. The summed E-state index contributed by atoms with van der Waals surface area (Å²) >= 11 is 0. The van der Waals surface area contributed by atoms with E-state index in [4.69, 9.17) is 5.11 Å². The summed E-state index contributed by atoms with van der Waals surface area (Å²) in [4.78, 5) is 24.0. The smallest absolute Gasteiger partial charge is 0.303 e. The number of carbonyl (C=O) groups is 2. The first-order valence-corrected chi connectivity index (χ1v) is 5.42. The largest absolute Gasteiger partial charge is 0.481 e. The number of nitrogens with zero attached hydrogens (tertiary/aromatic N) is 1. The van der Waals surface area contributed by atoms with Crippen molar-refractivity contribution in [3.63, 3.8) is 0 Å². The maximum absolute atomic E-state index is 11.8. The number of hydrogen-bond acceptors (Lipinski definition) is 2. The van der Waals surface area contributed by atoms with E-state index in [1.165, 1.54) is 0 Å². The zero-order chi connectivity index (χ0) is 11.6. The van der Waals surface area contributed by atoms with Gasteiger partial charge < -0.3 is 10.0 Å². The third-order valence-electron chi connectivity index (χ3n) is 3.12. The lowest BCUT2D eigenvalue weighted by molar-refractivity contribution is -0.148. The van der Waals surface area contributed by atoms with Gasteiger partial charge in [-0.1, -0.05) is 20.8 Å². The quantitative estimate of drug-likeness (QED) is 0.763. The van der Waals surface area contributed by atoms with E-state index in [9.17, 15) is 9.59 Å². The summed E-state index contributed by atoms with van der Waals surface area (Å²) in [5.41, 5.74) is 0. The highest BCUT2D eigenvalue weighted by molar-refractivity contribution is 5.79. The number of carbonyl (C=O) groups excluding carboxylic acids is 1. The average molecular weight is 213 g/mol. The highest BCUT2D eigenvalue weighted by Crippen LogP contribution is 2.23. The number of carboxylic acid groups (broad SMARTS) is 1. The van der Waals surface area contributed by atoms with Crippen LogP contribution < -0.4 is 0 Å². The topological polar surface area (TPSA) is 57.6 Å². The second-order valence-corrected chi connectivity index (χ2v) is 4.74. The SMILES string of the molecule is CC(C)C(C)C(=O)N1CC(CC(=O)O)C1. The van der Waals surface area contributed by atoms with Crippen LogP contribution in [0.4, 0.5) is 0 Å². The molecule has 1 atom stereocenters. The number of rotatable bonds is 4. The molecule has 1 aliphatic rings. The van der Waals surface area contributed by atoms with Crippen molar-refractivity contribution >= 4 is 11.9 Å². The molecule has 1 aliphatic heterocycles. The van der Waals surface area contributed by atoms with Crippen molar-refractivity contribution in [2.24, 2.45) is 17.8 Å². The van der Waals surface area contributed by atoms with Crippen molar-refractivity contribution in [3.05, 3.63) is 0 Å². The van der Waals surface area contributed by atoms with Crippen LogP contribution in [0.3, 0.4) is 0 Å². The van der Waals surface area contributed by atoms with Gasteiger partial charge in [0.1, 0.15) is 0 Å². The first-order valence-electron chi connectivity index (χ1n) is 5.42. The predicted octanol–water partition coefficient (Wildman–Crippen LogP) is 1.21. The van der Waals surface area contributed by atoms with Crippen LogP contribution >= 0.6 is 0 Å². The molecule has 1 saturated heterocycles. The van der Waals surface area contributed by atoms with Crippen molar-refractivity contribution < 1.29 is 14.7 Å². The second-order valence-electron chi connectivity index (χ2n) is 4.74. The van der Waals surface area contributed by atoms with Crippen LogP contribution in [0, 0.1) is 17.8 Å².